The van der Waals surface area contributed by atoms with Gasteiger partial charge in [0.15, 0.2) is 0 Å². The summed E-state index contributed by atoms with van der Waals surface area (Å²) in [6, 6.07) is 4.31. The lowest BCUT2D eigenvalue weighted by atomic mass is 10.1. The van der Waals surface area contributed by atoms with Gasteiger partial charge in [0.1, 0.15) is 0 Å². The zero-order valence-corrected chi connectivity index (χ0v) is 11.5. The van der Waals surface area contributed by atoms with Crippen LogP contribution in [0.4, 0.5) is 0 Å². The lowest BCUT2D eigenvalue weighted by Crippen LogP contribution is -2.46. The Bertz CT molecular complexity index is 345. The molecule has 96 valence electrons. The molecule has 0 aromatic carbocycles. The molecule has 2 rings (SSSR count). The molecular formula is C13H22N2OS. The van der Waals surface area contributed by atoms with Crippen molar-refractivity contribution in [2.45, 2.75) is 12.8 Å². The average molecular weight is 254 g/mol. The average Bonchev–Trinajstić information content (AvgIpc) is 2.75. The van der Waals surface area contributed by atoms with Crippen LogP contribution in [0.25, 0.3) is 0 Å². The second kappa shape index (κ2) is 5.96. The Hall–Kier alpha value is -0.420. The molecule has 1 aromatic heterocycles. The second-order valence-corrected chi connectivity index (χ2v) is 6.25. The van der Waals surface area contributed by atoms with E-state index in [9.17, 15) is 5.11 Å². The summed E-state index contributed by atoms with van der Waals surface area (Å²) >= 11 is 1.81. The molecule has 0 aliphatic carbocycles. The van der Waals surface area contributed by atoms with E-state index in [2.05, 4.69) is 35.9 Å². The number of hydrogen-bond donors (Lipinski definition) is 1. The van der Waals surface area contributed by atoms with Crippen LogP contribution in [-0.4, -0.2) is 61.3 Å². The van der Waals surface area contributed by atoms with E-state index in [4.69, 9.17) is 0 Å². The summed E-state index contributed by atoms with van der Waals surface area (Å²) in [6.07, 6.45) is 0. The Balaban J connectivity index is 1.91. The van der Waals surface area contributed by atoms with E-state index >= 15 is 0 Å². The molecule has 1 N–H and O–H groups in total. The van der Waals surface area contributed by atoms with Crippen LogP contribution in [0.5, 0.6) is 0 Å². The highest BCUT2D eigenvalue weighted by molar-refractivity contribution is 7.12. The van der Waals surface area contributed by atoms with Gasteiger partial charge in [0.2, 0.25) is 0 Å². The quantitative estimate of drug-likeness (QED) is 0.879. The van der Waals surface area contributed by atoms with Gasteiger partial charge in [-0.3, -0.25) is 0 Å². The number of rotatable bonds is 4. The Morgan fingerprint density at radius 3 is 2.53 bits per heavy atom. The normalized spacial score (nSPS) is 20.6. The van der Waals surface area contributed by atoms with Gasteiger partial charge in [-0.1, -0.05) is 0 Å². The zero-order valence-electron chi connectivity index (χ0n) is 10.7. The number of aryl methyl sites for hydroxylation is 1. The summed E-state index contributed by atoms with van der Waals surface area (Å²) in [5.74, 6) is 0.289. The van der Waals surface area contributed by atoms with Gasteiger partial charge in [0.05, 0.1) is 6.61 Å². The zero-order chi connectivity index (χ0) is 12.3. The minimum Gasteiger partial charge on any atom is -0.396 e. The molecule has 0 bridgehead atoms. The van der Waals surface area contributed by atoms with Crippen molar-refractivity contribution >= 4 is 11.3 Å². The molecule has 1 fully saturated rings. The van der Waals surface area contributed by atoms with Gasteiger partial charge in [-0.2, -0.15) is 0 Å². The van der Waals surface area contributed by atoms with Crippen LogP contribution >= 0.6 is 11.3 Å². The van der Waals surface area contributed by atoms with E-state index in [-0.39, 0.29) is 12.5 Å². The van der Waals surface area contributed by atoms with E-state index in [1.54, 1.807) is 0 Å². The first-order chi connectivity index (χ1) is 8.19. The predicted octanol–water partition coefficient (Wildman–Crippen LogP) is 1.38. The van der Waals surface area contributed by atoms with Crippen molar-refractivity contribution < 1.29 is 5.11 Å². The van der Waals surface area contributed by atoms with Crippen LogP contribution in [0.15, 0.2) is 12.1 Å². The van der Waals surface area contributed by atoms with Crippen LogP contribution in [-0.2, 0) is 0 Å². The second-order valence-electron chi connectivity index (χ2n) is 4.93. The van der Waals surface area contributed by atoms with E-state index in [0.717, 1.165) is 32.7 Å². The highest BCUT2D eigenvalue weighted by Crippen LogP contribution is 2.25. The van der Waals surface area contributed by atoms with Gasteiger partial charge in [-0.25, -0.2) is 0 Å². The molecule has 3 nitrogen and oxygen atoms in total. The van der Waals surface area contributed by atoms with Gasteiger partial charge in [0.25, 0.3) is 0 Å². The van der Waals surface area contributed by atoms with Gasteiger partial charge in [0, 0.05) is 48.4 Å². The van der Waals surface area contributed by atoms with Gasteiger partial charge >= 0.3 is 0 Å². The van der Waals surface area contributed by atoms with Gasteiger partial charge in [-0.05, 0) is 26.1 Å². The summed E-state index contributed by atoms with van der Waals surface area (Å²) < 4.78 is 0. The van der Waals surface area contributed by atoms with Crippen LogP contribution < -0.4 is 0 Å². The fourth-order valence-corrected chi connectivity index (χ4v) is 3.21. The van der Waals surface area contributed by atoms with E-state index < -0.39 is 0 Å². The summed E-state index contributed by atoms with van der Waals surface area (Å²) in [7, 11) is 2.17. The molecule has 4 heteroatoms. The molecule has 1 aliphatic heterocycles. The number of likely N-dealkylation sites (N-methyl/N-ethyl adjacent to an activating group) is 1. The van der Waals surface area contributed by atoms with E-state index in [1.165, 1.54) is 9.75 Å². The highest BCUT2D eigenvalue weighted by Gasteiger charge is 2.19. The number of aliphatic hydroxyl groups excluding tert-OH is 1. The van der Waals surface area contributed by atoms with Gasteiger partial charge in [-0.15, -0.1) is 11.3 Å². The van der Waals surface area contributed by atoms with Crippen molar-refractivity contribution in [1.82, 2.24) is 9.80 Å². The molecular weight excluding hydrogens is 232 g/mol. The van der Waals surface area contributed by atoms with Gasteiger partial charge < -0.3 is 14.9 Å². The Kier molecular flexibility index (Phi) is 4.56. The molecule has 1 aliphatic rings. The van der Waals surface area contributed by atoms with Crippen molar-refractivity contribution in [3.05, 3.63) is 21.9 Å². The standard InChI is InChI=1S/C13H22N2OS/c1-11-3-4-13(17-11)12(10-16)9-15-7-5-14(2)6-8-15/h3-4,12,16H,5-10H2,1-2H3. The molecule has 0 saturated carbocycles. The van der Waals surface area contributed by atoms with Crippen molar-refractivity contribution in [3.8, 4) is 0 Å². The smallest absolute Gasteiger partial charge is 0.0520 e. The topological polar surface area (TPSA) is 26.7 Å². The van der Waals surface area contributed by atoms with E-state index in [0.29, 0.717) is 0 Å². The first-order valence-electron chi connectivity index (χ1n) is 6.27. The molecule has 0 spiro atoms. The summed E-state index contributed by atoms with van der Waals surface area (Å²) in [5, 5.41) is 9.54. The maximum absolute atomic E-state index is 9.54. The largest absolute Gasteiger partial charge is 0.396 e. The lowest BCUT2D eigenvalue weighted by molar-refractivity contribution is 0.133. The molecule has 1 saturated heterocycles. The fraction of sp³-hybridized carbons (Fsp3) is 0.692. The van der Waals surface area contributed by atoms with Crippen LogP contribution in [0, 0.1) is 6.92 Å². The number of thiophene rings is 1. The number of hydrogen-bond acceptors (Lipinski definition) is 4. The molecule has 17 heavy (non-hydrogen) atoms. The van der Waals surface area contributed by atoms with Crippen molar-refractivity contribution in [1.29, 1.82) is 0 Å². The fourth-order valence-electron chi connectivity index (χ4n) is 2.25. The minimum absolute atomic E-state index is 0.256. The maximum Gasteiger partial charge on any atom is 0.0520 e. The Morgan fingerprint density at radius 1 is 1.29 bits per heavy atom. The number of aliphatic hydroxyl groups is 1. The SMILES string of the molecule is Cc1ccc(C(CO)CN2CCN(C)CC2)s1. The number of piperazine rings is 1. The molecule has 0 amide bonds. The number of nitrogens with zero attached hydrogens (tertiary/aromatic N) is 2. The molecule has 0 radical (unpaired) electrons. The third-order valence-corrected chi connectivity index (χ3v) is 4.62. The van der Waals surface area contributed by atoms with E-state index in [1.807, 2.05) is 11.3 Å². The minimum atomic E-state index is 0.256. The predicted molar refractivity (Wildman–Crippen MR) is 72.8 cm³/mol. The van der Waals surface area contributed by atoms with Crippen LogP contribution in [0.1, 0.15) is 15.7 Å². The highest BCUT2D eigenvalue weighted by atomic mass is 32.1. The van der Waals surface area contributed by atoms with Crippen molar-refractivity contribution in [3.63, 3.8) is 0 Å². The monoisotopic (exact) mass is 254 g/mol. The Morgan fingerprint density at radius 2 is 2.00 bits per heavy atom. The maximum atomic E-state index is 9.54. The third-order valence-electron chi connectivity index (χ3n) is 3.46. The molecule has 1 aromatic rings. The van der Waals surface area contributed by atoms with Crippen LogP contribution in [0.2, 0.25) is 0 Å². The summed E-state index contributed by atoms with van der Waals surface area (Å²) in [5.41, 5.74) is 0. The lowest BCUT2D eigenvalue weighted by Gasteiger charge is -2.34. The van der Waals surface area contributed by atoms with Crippen molar-refractivity contribution in [2.75, 3.05) is 46.4 Å². The first kappa shape index (κ1) is 13.0. The molecule has 1 unspecified atom stereocenters. The first-order valence-corrected chi connectivity index (χ1v) is 7.09. The molecule has 1 atom stereocenters. The summed E-state index contributed by atoms with van der Waals surface area (Å²) in [4.78, 5) is 7.48. The van der Waals surface area contributed by atoms with Crippen LogP contribution in [0.3, 0.4) is 0 Å². The Labute approximate surface area is 108 Å². The molecule has 2 heterocycles. The van der Waals surface area contributed by atoms with Crippen molar-refractivity contribution in [2.24, 2.45) is 0 Å². The summed E-state index contributed by atoms with van der Waals surface area (Å²) in [6.45, 7) is 7.90. The third kappa shape index (κ3) is 3.52.